The van der Waals surface area contributed by atoms with Gasteiger partial charge in [-0.2, -0.15) is 0 Å². The topological polar surface area (TPSA) is 67.2 Å². The van der Waals surface area contributed by atoms with E-state index in [2.05, 4.69) is 22.7 Å². The highest BCUT2D eigenvalue weighted by Crippen LogP contribution is 2.18. The number of piperidine rings is 1. The van der Waals surface area contributed by atoms with E-state index in [4.69, 9.17) is 4.52 Å². The first-order chi connectivity index (χ1) is 9.74. The number of benzene rings is 1. The molecular weight excluding hydrogens is 290 g/mol. The van der Waals surface area contributed by atoms with E-state index in [-0.39, 0.29) is 30.8 Å². The molecule has 1 amide bonds. The molecule has 1 aliphatic heterocycles. The van der Waals surface area contributed by atoms with Crippen molar-refractivity contribution in [2.75, 3.05) is 6.54 Å². The van der Waals surface area contributed by atoms with Crippen LogP contribution in [-0.4, -0.2) is 29.7 Å². The third-order valence-corrected chi connectivity index (χ3v) is 3.89. The summed E-state index contributed by atoms with van der Waals surface area (Å²) in [4.78, 5) is 12.1. The van der Waals surface area contributed by atoms with Crippen molar-refractivity contribution in [3.8, 4) is 0 Å². The van der Waals surface area contributed by atoms with Gasteiger partial charge in [-0.25, -0.2) is 0 Å². The lowest BCUT2D eigenvalue weighted by molar-refractivity contribution is -0.121. The van der Waals surface area contributed by atoms with Crippen LogP contribution < -0.4 is 10.6 Å². The highest BCUT2D eigenvalue weighted by Gasteiger charge is 2.23. The molecule has 0 radical (unpaired) electrons. The van der Waals surface area contributed by atoms with Crippen LogP contribution in [0.25, 0.3) is 11.0 Å². The van der Waals surface area contributed by atoms with Crippen molar-refractivity contribution in [3.63, 3.8) is 0 Å². The average Bonchev–Trinajstić information content (AvgIpc) is 2.85. The van der Waals surface area contributed by atoms with Crippen LogP contribution in [0.15, 0.2) is 28.8 Å². The number of carbonyl (C=O) groups excluding carboxylic acids is 1. The van der Waals surface area contributed by atoms with Gasteiger partial charge in [-0.3, -0.25) is 4.79 Å². The minimum absolute atomic E-state index is 0. The third-order valence-electron chi connectivity index (χ3n) is 3.89. The Morgan fingerprint density at radius 2 is 2.29 bits per heavy atom. The van der Waals surface area contributed by atoms with E-state index in [0.717, 1.165) is 30.4 Å². The fourth-order valence-corrected chi connectivity index (χ4v) is 2.72. The fourth-order valence-electron chi connectivity index (χ4n) is 2.72. The van der Waals surface area contributed by atoms with Gasteiger partial charge < -0.3 is 15.2 Å². The van der Waals surface area contributed by atoms with Gasteiger partial charge in [0.2, 0.25) is 5.91 Å². The van der Waals surface area contributed by atoms with E-state index in [9.17, 15) is 4.79 Å². The lowest BCUT2D eigenvalue weighted by Gasteiger charge is -2.30. The molecule has 2 aromatic rings. The zero-order chi connectivity index (χ0) is 13.9. The monoisotopic (exact) mass is 309 g/mol. The van der Waals surface area contributed by atoms with Crippen molar-refractivity contribution in [1.29, 1.82) is 0 Å². The lowest BCUT2D eigenvalue weighted by atomic mass is 9.99. The van der Waals surface area contributed by atoms with Crippen molar-refractivity contribution in [2.45, 2.75) is 38.3 Å². The molecular formula is C15H20ClN3O2. The van der Waals surface area contributed by atoms with Crippen LogP contribution in [0.3, 0.4) is 0 Å². The molecule has 21 heavy (non-hydrogen) atoms. The number of hydrogen-bond acceptors (Lipinski definition) is 4. The maximum absolute atomic E-state index is 12.1. The number of nitrogens with zero attached hydrogens (tertiary/aromatic N) is 1. The Balaban J connectivity index is 0.00000161. The summed E-state index contributed by atoms with van der Waals surface area (Å²) < 4.78 is 5.22. The molecule has 1 saturated heterocycles. The van der Waals surface area contributed by atoms with Gasteiger partial charge in [0, 0.05) is 17.5 Å². The largest absolute Gasteiger partial charge is 0.356 e. The Kier molecular flexibility index (Phi) is 5.20. The Morgan fingerprint density at radius 1 is 1.48 bits per heavy atom. The summed E-state index contributed by atoms with van der Waals surface area (Å²) in [5.41, 5.74) is 1.43. The molecule has 0 saturated carbocycles. The second-order valence-corrected chi connectivity index (χ2v) is 5.36. The summed E-state index contributed by atoms with van der Waals surface area (Å²) >= 11 is 0. The molecule has 1 fully saturated rings. The summed E-state index contributed by atoms with van der Waals surface area (Å²) in [6.45, 7) is 3.14. The zero-order valence-corrected chi connectivity index (χ0v) is 12.8. The van der Waals surface area contributed by atoms with Crippen molar-refractivity contribution in [3.05, 3.63) is 30.0 Å². The summed E-state index contributed by atoms with van der Waals surface area (Å²) in [5.74, 6) is 0.00426. The highest BCUT2D eigenvalue weighted by atomic mass is 35.5. The quantitative estimate of drug-likeness (QED) is 0.910. The smallest absolute Gasteiger partial charge is 0.226 e. The summed E-state index contributed by atoms with van der Waals surface area (Å²) in [5, 5.41) is 11.4. The summed E-state index contributed by atoms with van der Waals surface area (Å²) in [6, 6.07) is 8.13. The van der Waals surface area contributed by atoms with Crippen LogP contribution in [0.1, 0.15) is 25.5 Å². The van der Waals surface area contributed by atoms with Crippen LogP contribution in [-0.2, 0) is 11.2 Å². The second-order valence-electron chi connectivity index (χ2n) is 5.36. The minimum Gasteiger partial charge on any atom is -0.356 e. The molecule has 2 unspecified atom stereocenters. The maximum atomic E-state index is 12.1. The van der Waals surface area contributed by atoms with Gasteiger partial charge in [-0.15, -0.1) is 12.4 Å². The molecule has 0 bridgehead atoms. The number of halogens is 1. The van der Waals surface area contributed by atoms with Crippen LogP contribution >= 0.6 is 12.4 Å². The van der Waals surface area contributed by atoms with Gasteiger partial charge in [0.25, 0.3) is 0 Å². The van der Waals surface area contributed by atoms with Gasteiger partial charge >= 0.3 is 0 Å². The average molecular weight is 310 g/mol. The number of aromatic nitrogens is 1. The normalized spacial score (nSPS) is 21.8. The molecule has 3 rings (SSSR count). The predicted molar refractivity (Wildman–Crippen MR) is 83.6 cm³/mol. The van der Waals surface area contributed by atoms with Crippen molar-refractivity contribution in [2.24, 2.45) is 0 Å². The van der Waals surface area contributed by atoms with Crippen LogP contribution in [0, 0.1) is 0 Å². The number of amides is 1. The molecule has 1 aromatic carbocycles. The van der Waals surface area contributed by atoms with E-state index in [1.807, 2.05) is 24.3 Å². The first-order valence-electron chi connectivity index (χ1n) is 7.10. The minimum atomic E-state index is 0. The molecule has 1 aromatic heterocycles. The molecule has 114 valence electrons. The first-order valence-corrected chi connectivity index (χ1v) is 7.10. The van der Waals surface area contributed by atoms with Crippen LogP contribution in [0.2, 0.25) is 0 Å². The predicted octanol–water partition coefficient (Wildman–Crippen LogP) is 2.05. The summed E-state index contributed by atoms with van der Waals surface area (Å²) in [7, 11) is 0. The molecule has 0 spiro atoms. The number of carbonyl (C=O) groups is 1. The van der Waals surface area contributed by atoms with Crippen LogP contribution in [0.4, 0.5) is 0 Å². The van der Waals surface area contributed by atoms with Crippen molar-refractivity contribution < 1.29 is 9.32 Å². The number of para-hydroxylation sites is 1. The molecule has 6 heteroatoms. The van der Waals surface area contributed by atoms with Crippen molar-refractivity contribution in [1.82, 2.24) is 15.8 Å². The second kappa shape index (κ2) is 6.91. The lowest BCUT2D eigenvalue weighted by Crippen LogP contribution is -2.52. The maximum Gasteiger partial charge on any atom is 0.226 e. The first kappa shape index (κ1) is 15.8. The zero-order valence-electron chi connectivity index (χ0n) is 12.0. The molecule has 5 nitrogen and oxygen atoms in total. The Bertz CT molecular complexity index is 614. The van der Waals surface area contributed by atoms with E-state index >= 15 is 0 Å². The molecule has 2 heterocycles. The van der Waals surface area contributed by atoms with Gasteiger partial charge in [0.1, 0.15) is 5.69 Å². The SMILES string of the molecule is CC1NCCCC1NC(=O)Cc1noc2ccccc12.Cl. The van der Waals surface area contributed by atoms with E-state index in [0.29, 0.717) is 11.7 Å². The van der Waals surface area contributed by atoms with Gasteiger partial charge in [-0.1, -0.05) is 17.3 Å². The number of rotatable bonds is 3. The highest BCUT2D eigenvalue weighted by molar-refractivity contribution is 5.86. The molecule has 1 aliphatic rings. The van der Waals surface area contributed by atoms with E-state index < -0.39 is 0 Å². The standard InChI is InChI=1S/C15H19N3O2.ClH/c1-10-12(6-4-8-16-10)17-15(19)9-13-11-5-2-3-7-14(11)20-18-13;/h2-3,5,7,10,12,16H,4,6,8-9H2,1H3,(H,17,19);1H. The molecule has 2 N–H and O–H groups in total. The van der Waals surface area contributed by atoms with Gasteiger partial charge in [0.05, 0.1) is 6.42 Å². The molecule has 2 atom stereocenters. The Morgan fingerprint density at radius 3 is 3.10 bits per heavy atom. The number of nitrogens with one attached hydrogen (secondary N) is 2. The number of hydrogen-bond donors (Lipinski definition) is 2. The Labute approximate surface area is 129 Å². The fraction of sp³-hybridized carbons (Fsp3) is 0.467. The summed E-state index contributed by atoms with van der Waals surface area (Å²) in [6.07, 6.45) is 2.39. The Hall–Kier alpha value is -1.59. The van der Waals surface area contributed by atoms with Gasteiger partial charge in [-0.05, 0) is 38.4 Å². The van der Waals surface area contributed by atoms with Crippen molar-refractivity contribution >= 4 is 29.3 Å². The molecule has 0 aliphatic carbocycles. The van der Waals surface area contributed by atoms with Gasteiger partial charge in [0.15, 0.2) is 5.58 Å². The third kappa shape index (κ3) is 3.54. The van der Waals surface area contributed by atoms with Crippen LogP contribution in [0.5, 0.6) is 0 Å². The van der Waals surface area contributed by atoms with E-state index in [1.165, 1.54) is 0 Å². The van der Waals surface area contributed by atoms with E-state index in [1.54, 1.807) is 0 Å². The number of fused-ring (bicyclic) bond motifs is 1.